The molecule has 0 heterocycles. The zero-order valence-corrected chi connectivity index (χ0v) is 21.8. The molecule has 192 valence electrons. The van der Waals surface area contributed by atoms with E-state index in [-0.39, 0.29) is 11.3 Å². The van der Waals surface area contributed by atoms with Gasteiger partial charge in [-0.25, -0.2) is 4.79 Å². The molecule has 4 aromatic carbocycles. The number of carboxylic acid groups (broad SMARTS) is 1. The smallest absolute Gasteiger partial charge is 0.329 e. The molecule has 0 amide bonds. The Morgan fingerprint density at radius 1 is 0.816 bits per heavy atom. The number of para-hydroxylation sites is 1. The number of ether oxygens (including phenoxy) is 1. The molecule has 1 atom stereocenters. The summed E-state index contributed by atoms with van der Waals surface area (Å²) in [6.45, 7) is 0. The molecule has 5 heteroatoms. The summed E-state index contributed by atoms with van der Waals surface area (Å²) >= 11 is 6.19. The molecule has 1 spiro atoms. The van der Waals surface area contributed by atoms with Gasteiger partial charge in [-0.15, -0.1) is 0 Å². The number of benzene rings is 4. The van der Waals surface area contributed by atoms with E-state index in [1.54, 1.807) is 12.1 Å². The molecule has 4 nitrogen and oxygen atoms in total. The second-order valence-electron chi connectivity index (χ2n) is 10.6. The summed E-state index contributed by atoms with van der Waals surface area (Å²) in [6.07, 6.45) is 3.61. The molecule has 2 aliphatic carbocycles. The minimum atomic E-state index is -1.02. The predicted octanol–water partition coefficient (Wildman–Crippen LogP) is 8.22. The molecule has 0 radical (unpaired) electrons. The van der Waals surface area contributed by atoms with Gasteiger partial charge in [-0.3, -0.25) is 0 Å². The lowest BCUT2D eigenvalue weighted by molar-refractivity contribution is -0.144. The number of nitrogens with one attached hydrogen (secondary N) is 1. The van der Waals surface area contributed by atoms with E-state index in [1.807, 2.05) is 54.6 Å². The van der Waals surface area contributed by atoms with Crippen LogP contribution in [0.5, 0.6) is 11.5 Å². The van der Waals surface area contributed by atoms with Gasteiger partial charge in [-0.05, 0) is 97.2 Å². The minimum Gasteiger partial charge on any atom is -0.480 e. The number of fused-ring (bicyclic) bond motifs is 2. The third-order valence-electron chi connectivity index (χ3n) is 8.52. The zero-order valence-electron chi connectivity index (χ0n) is 21.1. The average molecular weight is 524 g/mol. The van der Waals surface area contributed by atoms with E-state index in [0.717, 1.165) is 36.4 Å². The Balaban J connectivity index is 1.29. The standard InChI is InChI=1S/C33H30ClNO3/c34-25-8-6-9-26(22-25)35-33(31(36)37)19-17-32(18-20-33)29-12-5-4-7-24(29)21-30(32)23-13-15-28(16-14-23)38-27-10-2-1-3-11-27/h1-16,22,30,35H,17-21H2,(H,36,37)/t30-,32?,33?/m1/s1. The van der Waals surface area contributed by atoms with E-state index >= 15 is 0 Å². The van der Waals surface area contributed by atoms with Crippen LogP contribution in [-0.4, -0.2) is 16.6 Å². The van der Waals surface area contributed by atoms with Gasteiger partial charge in [0.2, 0.25) is 0 Å². The SMILES string of the molecule is O=C(O)C1(Nc2cccc(Cl)c2)CCC2(CC1)c1ccccc1C[C@@H]2c1ccc(Oc2ccccc2)cc1. The maximum atomic E-state index is 12.6. The van der Waals surface area contributed by atoms with Gasteiger partial charge in [0, 0.05) is 16.1 Å². The Morgan fingerprint density at radius 3 is 2.21 bits per heavy atom. The second kappa shape index (κ2) is 9.85. The number of aliphatic carboxylic acids is 1. The molecule has 1 saturated carbocycles. The van der Waals surface area contributed by atoms with E-state index in [9.17, 15) is 9.90 Å². The number of carbonyl (C=O) groups is 1. The highest BCUT2D eigenvalue weighted by molar-refractivity contribution is 6.30. The Bertz CT molecular complexity index is 1440. The van der Waals surface area contributed by atoms with Crippen molar-refractivity contribution in [3.63, 3.8) is 0 Å². The molecule has 0 unspecified atom stereocenters. The molecule has 6 rings (SSSR count). The first-order chi connectivity index (χ1) is 18.5. The minimum absolute atomic E-state index is 0.104. The third-order valence-corrected chi connectivity index (χ3v) is 8.75. The molecule has 1 fully saturated rings. The van der Waals surface area contributed by atoms with Crippen LogP contribution in [0.15, 0.2) is 103 Å². The first-order valence-electron chi connectivity index (χ1n) is 13.2. The Labute approximate surface area is 228 Å². The highest BCUT2D eigenvalue weighted by Crippen LogP contribution is 2.58. The fourth-order valence-corrected chi connectivity index (χ4v) is 6.78. The van der Waals surface area contributed by atoms with Gasteiger partial charge in [0.1, 0.15) is 17.0 Å². The summed E-state index contributed by atoms with van der Waals surface area (Å²) in [5, 5.41) is 14.3. The fourth-order valence-electron chi connectivity index (χ4n) is 6.59. The molecule has 0 aliphatic heterocycles. The van der Waals surface area contributed by atoms with Crippen molar-refractivity contribution in [2.24, 2.45) is 0 Å². The van der Waals surface area contributed by atoms with Crippen molar-refractivity contribution in [3.8, 4) is 11.5 Å². The van der Waals surface area contributed by atoms with Crippen molar-refractivity contribution in [2.45, 2.75) is 49.0 Å². The third kappa shape index (κ3) is 4.43. The summed E-state index contributed by atoms with van der Waals surface area (Å²) < 4.78 is 6.03. The summed E-state index contributed by atoms with van der Waals surface area (Å²) in [5.41, 5.74) is 3.63. The van der Waals surface area contributed by atoms with Gasteiger partial charge in [0.15, 0.2) is 0 Å². The van der Waals surface area contributed by atoms with Crippen LogP contribution in [0.4, 0.5) is 5.69 Å². The van der Waals surface area contributed by atoms with Crippen LogP contribution >= 0.6 is 11.6 Å². The number of rotatable bonds is 6. The lowest BCUT2D eigenvalue weighted by Gasteiger charge is -2.47. The van der Waals surface area contributed by atoms with Gasteiger partial charge >= 0.3 is 5.97 Å². The van der Waals surface area contributed by atoms with Crippen LogP contribution in [0, 0.1) is 0 Å². The maximum Gasteiger partial charge on any atom is 0.329 e. The summed E-state index contributed by atoms with van der Waals surface area (Å²) in [4.78, 5) is 12.6. The monoisotopic (exact) mass is 523 g/mol. The summed E-state index contributed by atoms with van der Waals surface area (Å²) in [7, 11) is 0. The highest BCUT2D eigenvalue weighted by Gasteiger charge is 2.54. The van der Waals surface area contributed by atoms with Crippen molar-refractivity contribution >= 4 is 23.3 Å². The molecule has 38 heavy (non-hydrogen) atoms. The van der Waals surface area contributed by atoms with Gasteiger partial charge < -0.3 is 15.2 Å². The van der Waals surface area contributed by atoms with Crippen molar-refractivity contribution in [2.75, 3.05) is 5.32 Å². The average Bonchev–Trinajstić information content (AvgIpc) is 3.25. The Morgan fingerprint density at radius 2 is 1.50 bits per heavy atom. The number of carboxylic acids is 1. The van der Waals surface area contributed by atoms with Crippen LogP contribution in [0.1, 0.15) is 48.3 Å². The number of anilines is 1. The molecule has 4 aromatic rings. The quantitative estimate of drug-likeness (QED) is 0.267. The van der Waals surface area contributed by atoms with E-state index in [0.29, 0.717) is 17.9 Å². The van der Waals surface area contributed by atoms with Crippen molar-refractivity contribution in [1.82, 2.24) is 0 Å². The normalized spacial score (nSPS) is 24.1. The second-order valence-corrected chi connectivity index (χ2v) is 11.0. The van der Waals surface area contributed by atoms with Gasteiger partial charge in [-0.2, -0.15) is 0 Å². The Hall–Kier alpha value is -3.76. The number of halogens is 1. The predicted molar refractivity (Wildman–Crippen MR) is 151 cm³/mol. The first-order valence-corrected chi connectivity index (χ1v) is 13.5. The molecule has 0 bridgehead atoms. The van der Waals surface area contributed by atoms with Gasteiger partial charge in [0.25, 0.3) is 0 Å². The maximum absolute atomic E-state index is 12.6. The van der Waals surface area contributed by atoms with Gasteiger partial charge in [-0.1, -0.05) is 72.3 Å². The van der Waals surface area contributed by atoms with E-state index in [2.05, 4.69) is 41.7 Å². The van der Waals surface area contributed by atoms with Crippen LogP contribution < -0.4 is 10.1 Å². The molecular weight excluding hydrogens is 494 g/mol. The lowest BCUT2D eigenvalue weighted by atomic mass is 9.59. The van der Waals surface area contributed by atoms with Crippen molar-refractivity contribution < 1.29 is 14.6 Å². The van der Waals surface area contributed by atoms with Crippen LogP contribution in [0.25, 0.3) is 0 Å². The molecule has 2 aliphatic rings. The van der Waals surface area contributed by atoms with Crippen molar-refractivity contribution in [1.29, 1.82) is 0 Å². The highest BCUT2D eigenvalue weighted by atomic mass is 35.5. The summed E-state index contributed by atoms with van der Waals surface area (Å²) in [6, 6.07) is 34.3. The molecule has 0 aromatic heterocycles. The van der Waals surface area contributed by atoms with Crippen LogP contribution in [0.3, 0.4) is 0 Å². The Kier molecular flexibility index (Phi) is 6.37. The topological polar surface area (TPSA) is 58.6 Å². The number of hydrogen-bond acceptors (Lipinski definition) is 3. The molecular formula is C33H30ClNO3. The van der Waals surface area contributed by atoms with E-state index in [1.165, 1.54) is 16.7 Å². The largest absolute Gasteiger partial charge is 0.480 e. The zero-order chi connectivity index (χ0) is 26.2. The lowest BCUT2D eigenvalue weighted by Crippen LogP contribution is -2.52. The van der Waals surface area contributed by atoms with Crippen LogP contribution in [-0.2, 0) is 16.6 Å². The summed E-state index contributed by atoms with van der Waals surface area (Å²) in [5.74, 6) is 1.10. The van der Waals surface area contributed by atoms with Crippen molar-refractivity contribution in [3.05, 3.63) is 125 Å². The number of hydrogen-bond donors (Lipinski definition) is 2. The van der Waals surface area contributed by atoms with E-state index in [4.69, 9.17) is 16.3 Å². The molecule has 2 N–H and O–H groups in total. The van der Waals surface area contributed by atoms with Gasteiger partial charge in [0.05, 0.1) is 0 Å². The molecule has 0 saturated heterocycles. The fraction of sp³-hybridized carbons (Fsp3) is 0.242. The first kappa shape index (κ1) is 24.6. The van der Waals surface area contributed by atoms with Crippen LogP contribution in [0.2, 0.25) is 5.02 Å². The van der Waals surface area contributed by atoms with E-state index < -0.39 is 11.5 Å².